The Bertz CT molecular complexity index is 568. The smallest absolute Gasteiger partial charge is 0.407 e. The van der Waals surface area contributed by atoms with Crippen LogP contribution < -0.4 is 5.32 Å². The van der Waals surface area contributed by atoms with Crippen molar-refractivity contribution in [2.24, 2.45) is 5.92 Å². The molecule has 6 heteroatoms. The third-order valence-corrected chi connectivity index (χ3v) is 3.85. The molecule has 0 saturated carbocycles. The zero-order valence-electron chi connectivity index (χ0n) is 14.7. The Labute approximate surface area is 143 Å². The first-order chi connectivity index (χ1) is 11.3. The Kier molecular flexibility index (Phi) is 5.83. The number of amides is 1. The number of esters is 1. The molecule has 1 aromatic carbocycles. The molecule has 1 unspecified atom stereocenters. The van der Waals surface area contributed by atoms with Crippen molar-refractivity contribution in [3.63, 3.8) is 0 Å². The van der Waals surface area contributed by atoms with E-state index in [1.807, 2.05) is 30.3 Å². The average Bonchev–Trinajstić information content (AvgIpc) is 2.87. The van der Waals surface area contributed by atoms with Gasteiger partial charge in [0.1, 0.15) is 5.60 Å². The Balaban J connectivity index is 2.01. The fourth-order valence-corrected chi connectivity index (χ4v) is 2.85. The lowest BCUT2D eigenvalue weighted by Crippen LogP contribution is -2.45. The topological polar surface area (TPSA) is 67.9 Å². The van der Waals surface area contributed by atoms with Crippen molar-refractivity contribution >= 4 is 12.1 Å². The Morgan fingerprint density at radius 2 is 1.88 bits per heavy atom. The number of hydrogen-bond acceptors (Lipinski definition) is 5. The molecule has 1 N–H and O–H groups in total. The number of carbonyl (C=O) groups excluding carboxylic acids is 2. The van der Waals surface area contributed by atoms with Crippen LogP contribution in [0.4, 0.5) is 4.79 Å². The van der Waals surface area contributed by atoms with Crippen LogP contribution in [0.25, 0.3) is 0 Å². The van der Waals surface area contributed by atoms with Crippen molar-refractivity contribution in [1.29, 1.82) is 0 Å². The lowest BCUT2D eigenvalue weighted by Gasteiger charge is -2.23. The standard InChI is InChI=1S/C18H26N2O4/c1-18(2,3)24-17(22)19-15-12-20(11-14(15)16(21)23-4)10-13-8-6-5-7-9-13/h5-9,14-15H,10-12H2,1-4H3,(H,19,22)/t14-,15?/m0/s1. The van der Waals surface area contributed by atoms with Gasteiger partial charge in [-0.15, -0.1) is 0 Å². The van der Waals surface area contributed by atoms with E-state index in [1.54, 1.807) is 20.8 Å². The molecule has 2 rings (SSSR count). The van der Waals surface area contributed by atoms with Gasteiger partial charge >= 0.3 is 12.1 Å². The number of ether oxygens (including phenoxy) is 2. The quantitative estimate of drug-likeness (QED) is 0.855. The van der Waals surface area contributed by atoms with Crippen LogP contribution >= 0.6 is 0 Å². The fraction of sp³-hybridized carbons (Fsp3) is 0.556. The number of methoxy groups -OCH3 is 1. The van der Waals surface area contributed by atoms with Crippen LogP contribution in [0.2, 0.25) is 0 Å². The van der Waals surface area contributed by atoms with Gasteiger partial charge in [-0.1, -0.05) is 30.3 Å². The predicted molar refractivity (Wildman–Crippen MR) is 90.4 cm³/mol. The molecule has 0 spiro atoms. The van der Waals surface area contributed by atoms with E-state index in [1.165, 1.54) is 12.7 Å². The molecule has 1 aliphatic rings. The van der Waals surface area contributed by atoms with Crippen molar-refractivity contribution < 1.29 is 19.1 Å². The molecule has 1 heterocycles. The van der Waals surface area contributed by atoms with Crippen molar-refractivity contribution in [2.75, 3.05) is 20.2 Å². The summed E-state index contributed by atoms with van der Waals surface area (Å²) in [4.78, 5) is 26.2. The number of alkyl carbamates (subject to hydrolysis) is 1. The summed E-state index contributed by atoms with van der Waals surface area (Å²) in [5.41, 5.74) is 0.590. The van der Waals surface area contributed by atoms with Crippen LogP contribution in [0.5, 0.6) is 0 Å². The maximum absolute atomic E-state index is 12.0. The van der Waals surface area contributed by atoms with Crippen LogP contribution in [0.1, 0.15) is 26.3 Å². The molecule has 0 aliphatic carbocycles. The van der Waals surface area contributed by atoms with E-state index in [9.17, 15) is 9.59 Å². The summed E-state index contributed by atoms with van der Waals surface area (Å²) in [6, 6.07) is 9.71. The highest BCUT2D eigenvalue weighted by atomic mass is 16.6. The molecule has 24 heavy (non-hydrogen) atoms. The van der Waals surface area contributed by atoms with Crippen molar-refractivity contribution in [1.82, 2.24) is 10.2 Å². The van der Waals surface area contributed by atoms with Gasteiger partial charge in [-0.2, -0.15) is 0 Å². The van der Waals surface area contributed by atoms with Gasteiger partial charge in [0.2, 0.25) is 0 Å². The number of likely N-dealkylation sites (tertiary alicyclic amines) is 1. The average molecular weight is 334 g/mol. The first-order valence-electron chi connectivity index (χ1n) is 8.12. The van der Waals surface area contributed by atoms with E-state index in [2.05, 4.69) is 10.2 Å². The van der Waals surface area contributed by atoms with E-state index in [0.29, 0.717) is 13.1 Å². The second-order valence-electron chi connectivity index (χ2n) is 7.06. The summed E-state index contributed by atoms with van der Waals surface area (Å²) in [6.07, 6.45) is -0.511. The molecule has 1 saturated heterocycles. The third kappa shape index (κ3) is 5.23. The molecule has 2 atom stereocenters. The molecule has 6 nitrogen and oxygen atoms in total. The van der Waals surface area contributed by atoms with Gasteiger partial charge in [0.15, 0.2) is 0 Å². The monoisotopic (exact) mass is 334 g/mol. The molecular formula is C18H26N2O4. The normalized spacial score (nSPS) is 21.3. The van der Waals surface area contributed by atoms with Gasteiger partial charge in [-0.3, -0.25) is 9.69 Å². The van der Waals surface area contributed by atoms with Gasteiger partial charge in [-0.05, 0) is 26.3 Å². The number of nitrogens with one attached hydrogen (secondary N) is 1. The SMILES string of the molecule is COC(=O)[C@H]1CN(Cc2ccccc2)CC1NC(=O)OC(C)(C)C. The van der Waals surface area contributed by atoms with Crippen LogP contribution in [-0.4, -0.2) is 48.8 Å². The molecule has 132 valence electrons. The fourth-order valence-electron chi connectivity index (χ4n) is 2.85. The zero-order valence-corrected chi connectivity index (χ0v) is 14.7. The Morgan fingerprint density at radius 1 is 1.21 bits per heavy atom. The van der Waals surface area contributed by atoms with E-state index in [-0.39, 0.29) is 12.0 Å². The summed E-state index contributed by atoms with van der Waals surface area (Å²) in [5.74, 6) is -0.710. The van der Waals surface area contributed by atoms with Crippen molar-refractivity contribution in [2.45, 2.75) is 39.0 Å². The molecule has 1 aliphatic heterocycles. The Morgan fingerprint density at radius 3 is 2.46 bits per heavy atom. The summed E-state index contributed by atoms with van der Waals surface area (Å²) in [5, 5.41) is 2.81. The summed E-state index contributed by atoms with van der Waals surface area (Å²) in [6.45, 7) is 7.26. The zero-order chi connectivity index (χ0) is 17.7. The van der Waals surface area contributed by atoms with E-state index in [0.717, 1.165) is 6.54 Å². The van der Waals surface area contributed by atoms with Crippen LogP contribution in [-0.2, 0) is 20.8 Å². The minimum Gasteiger partial charge on any atom is -0.469 e. The lowest BCUT2D eigenvalue weighted by atomic mass is 10.0. The second-order valence-corrected chi connectivity index (χ2v) is 7.06. The number of carbonyl (C=O) groups is 2. The maximum atomic E-state index is 12.0. The number of benzene rings is 1. The third-order valence-electron chi connectivity index (χ3n) is 3.85. The maximum Gasteiger partial charge on any atom is 0.407 e. The summed E-state index contributed by atoms with van der Waals surface area (Å²) >= 11 is 0. The molecule has 0 radical (unpaired) electrons. The van der Waals surface area contributed by atoms with E-state index in [4.69, 9.17) is 9.47 Å². The first-order valence-corrected chi connectivity index (χ1v) is 8.12. The van der Waals surface area contributed by atoms with Crippen LogP contribution in [0.3, 0.4) is 0 Å². The Hall–Kier alpha value is -2.08. The van der Waals surface area contributed by atoms with Gasteiger partial charge < -0.3 is 14.8 Å². The summed E-state index contributed by atoms with van der Waals surface area (Å²) < 4.78 is 10.2. The van der Waals surface area contributed by atoms with E-state index >= 15 is 0 Å². The molecule has 1 fully saturated rings. The minimum absolute atomic E-state index is 0.313. The molecule has 0 bridgehead atoms. The highest BCUT2D eigenvalue weighted by molar-refractivity contribution is 5.76. The molecule has 0 aromatic heterocycles. The van der Waals surface area contributed by atoms with Gasteiger partial charge in [0.25, 0.3) is 0 Å². The van der Waals surface area contributed by atoms with E-state index < -0.39 is 17.6 Å². The number of nitrogens with zero attached hydrogens (tertiary/aromatic N) is 1. The minimum atomic E-state index is -0.576. The van der Waals surface area contributed by atoms with Crippen molar-refractivity contribution in [3.05, 3.63) is 35.9 Å². The molecule has 1 aromatic rings. The summed E-state index contributed by atoms with van der Waals surface area (Å²) in [7, 11) is 1.37. The number of hydrogen-bond donors (Lipinski definition) is 1. The van der Waals surface area contributed by atoms with Crippen molar-refractivity contribution in [3.8, 4) is 0 Å². The largest absolute Gasteiger partial charge is 0.469 e. The first kappa shape index (κ1) is 18.3. The highest BCUT2D eigenvalue weighted by Gasteiger charge is 2.39. The van der Waals surface area contributed by atoms with Gasteiger partial charge in [-0.25, -0.2) is 4.79 Å². The van der Waals surface area contributed by atoms with Crippen LogP contribution in [0.15, 0.2) is 30.3 Å². The molecular weight excluding hydrogens is 308 g/mol. The highest BCUT2D eigenvalue weighted by Crippen LogP contribution is 2.21. The van der Waals surface area contributed by atoms with Crippen LogP contribution in [0, 0.1) is 5.92 Å². The van der Waals surface area contributed by atoms with Gasteiger partial charge in [0.05, 0.1) is 19.1 Å². The molecule has 1 amide bonds. The predicted octanol–water partition coefficient (Wildman–Crippen LogP) is 2.18. The number of rotatable bonds is 4. The van der Waals surface area contributed by atoms with Gasteiger partial charge in [0, 0.05) is 19.6 Å². The second kappa shape index (κ2) is 7.66. The lowest BCUT2D eigenvalue weighted by molar-refractivity contribution is -0.145.